The van der Waals surface area contributed by atoms with E-state index in [0.29, 0.717) is 5.69 Å². The topological polar surface area (TPSA) is 142 Å². The van der Waals surface area contributed by atoms with Gasteiger partial charge in [0.15, 0.2) is 11.5 Å². The molecule has 4 rings (SSSR count). The van der Waals surface area contributed by atoms with Gasteiger partial charge in [-0.1, -0.05) is 10.4 Å². The Balaban J connectivity index is 1.21. The molecule has 0 saturated heterocycles. The first-order chi connectivity index (χ1) is 19.9. The number of ether oxygens (including phenoxy) is 1. The Morgan fingerprint density at radius 2 is 1.86 bits per heavy atom. The molecule has 12 nitrogen and oxygen atoms in total. The second kappa shape index (κ2) is 13.1. The smallest absolute Gasteiger partial charge is 0.406 e. The van der Waals surface area contributed by atoms with Crippen LogP contribution >= 0.6 is 0 Å². The fourth-order valence-electron chi connectivity index (χ4n) is 3.72. The van der Waals surface area contributed by atoms with Crippen molar-refractivity contribution in [1.29, 1.82) is 0 Å². The molecular weight excluding hydrogens is 569 g/mol. The second-order valence-corrected chi connectivity index (χ2v) is 9.11. The Morgan fingerprint density at radius 3 is 2.62 bits per heavy atom. The third kappa shape index (κ3) is 9.03. The van der Waals surface area contributed by atoms with E-state index in [4.69, 9.17) is 0 Å². The number of hydrogen-bond acceptors (Lipinski definition) is 8. The minimum atomic E-state index is -4.97. The van der Waals surface area contributed by atoms with Crippen molar-refractivity contribution >= 4 is 17.6 Å². The summed E-state index contributed by atoms with van der Waals surface area (Å²) < 4.78 is 72.0. The molecule has 0 aliphatic rings. The molecule has 2 amide bonds. The van der Waals surface area contributed by atoms with E-state index in [-0.39, 0.29) is 43.1 Å². The third-order valence-corrected chi connectivity index (χ3v) is 5.64. The summed E-state index contributed by atoms with van der Waals surface area (Å²) in [6.07, 6.45) is -2.71. The number of carbonyl (C=O) groups is 2. The van der Waals surface area contributed by atoms with Crippen LogP contribution in [0.25, 0.3) is 0 Å². The zero-order chi connectivity index (χ0) is 30.3. The lowest BCUT2D eigenvalue weighted by molar-refractivity contribution is -0.274. The summed E-state index contributed by atoms with van der Waals surface area (Å²) in [6.45, 7) is 1.99. The lowest BCUT2D eigenvalue weighted by Crippen LogP contribution is -2.23. The van der Waals surface area contributed by atoms with Gasteiger partial charge in [0.1, 0.15) is 17.7 Å². The number of pyridine rings is 1. The molecule has 0 fully saturated rings. The summed E-state index contributed by atoms with van der Waals surface area (Å²) in [5.74, 6) is -2.83. The highest BCUT2D eigenvalue weighted by Gasteiger charge is 2.31. The highest BCUT2D eigenvalue weighted by Crippen LogP contribution is 2.25. The number of alkyl halides is 4. The largest absolute Gasteiger partial charge is 0.573 e. The van der Waals surface area contributed by atoms with Crippen molar-refractivity contribution in [2.45, 2.75) is 51.9 Å². The molecule has 0 radical (unpaired) electrons. The van der Waals surface area contributed by atoms with Gasteiger partial charge in [0.05, 0.1) is 37.6 Å². The molecule has 3 aromatic heterocycles. The van der Waals surface area contributed by atoms with Crippen LogP contribution in [0.1, 0.15) is 33.7 Å². The number of benzene rings is 1. The highest BCUT2D eigenvalue weighted by atomic mass is 19.4. The number of aryl methyl sites for hydroxylation is 2. The van der Waals surface area contributed by atoms with Crippen molar-refractivity contribution in [2.75, 3.05) is 5.32 Å². The summed E-state index contributed by atoms with van der Waals surface area (Å²) in [6, 6.07) is 5.98. The Bertz CT molecular complexity index is 1540. The maximum atomic E-state index is 14.6. The van der Waals surface area contributed by atoms with Crippen LogP contribution in [0.15, 0.2) is 48.9 Å². The normalized spacial score (nSPS) is 12.1. The SMILES string of the molecule is Cc1ccnc(CNC(=O)c2cn(CC(F)CCn3cc(NC(=O)Cc4cc(OC(F)(F)F)ccc4F)nn3)nn2)c1. The quantitative estimate of drug-likeness (QED) is 0.239. The van der Waals surface area contributed by atoms with E-state index in [0.717, 1.165) is 23.8 Å². The Hall–Kier alpha value is -4.96. The summed E-state index contributed by atoms with van der Waals surface area (Å²) in [5.41, 5.74) is 1.37. The fraction of sp³-hybridized carbons (Fsp3) is 0.320. The summed E-state index contributed by atoms with van der Waals surface area (Å²) in [7, 11) is 0. The monoisotopic (exact) mass is 593 g/mol. The average Bonchev–Trinajstić information content (AvgIpc) is 3.57. The molecule has 3 heterocycles. The Morgan fingerprint density at radius 1 is 1.07 bits per heavy atom. The molecule has 0 bridgehead atoms. The maximum Gasteiger partial charge on any atom is 0.573 e. The van der Waals surface area contributed by atoms with Crippen LogP contribution in [0, 0.1) is 12.7 Å². The molecular formula is C25H24F5N9O3. The number of amides is 2. The third-order valence-electron chi connectivity index (χ3n) is 5.64. The van der Waals surface area contributed by atoms with Gasteiger partial charge in [0.25, 0.3) is 5.91 Å². The summed E-state index contributed by atoms with van der Waals surface area (Å²) in [5, 5.41) is 20.1. The number of nitrogens with one attached hydrogen (secondary N) is 2. The number of anilines is 1. The summed E-state index contributed by atoms with van der Waals surface area (Å²) in [4.78, 5) is 28.7. The van der Waals surface area contributed by atoms with Gasteiger partial charge in [0.2, 0.25) is 5.91 Å². The van der Waals surface area contributed by atoms with Crippen molar-refractivity contribution < 1.29 is 36.3 Å². The van der Waals surface area contributed by atoms with Gasteiger partial charge in [-0.15, -0.1) is 23.4 Å². The van der Waals surface area contributed by atoms with E-state index in [9.17, 15) is 31.5 Å². The predicted octanol–water partition coefficient (Wildman–Crippen LogP) is 3.15. The molecule has 17 heteroatoms. The van der Waals surface area contributed by atoms with E-state index in [1.54, 1.807) is 6.20 Å². The molecule has 1 aromatic carbocycles. The van der Waals surface area contributed by atoms with Gasteiger partial charge in [-0.2, -0.15) is 0 Å². The molecule has 222 valence electrons. The first-order valence-corrected chi connectivity index (χ1v) is 12.4. The van der Waals surface area contributed by atoms with Crippen LogP contribution in [-0.2, 0) is 30.8 Å². The molecule has 4 aromatic rings. The lowest BCUT2D eigenvalue weighted by Gasteiger charge is -2.10. The Labute approximate surface area is 234 Å². The standard InChI is InChI=1S/C25H24F5N9O3/c1-15-4-6-31-18(8-15)11-32-24(41)21-13-39(36-34-21)12-17(26)5-7-38-14-22(35-37-38)33-23(40)10-16-9-19(2-3-20(16)27)42-25(28,29)30/h2-4,6,8-9,13-14,17H,5,7,10-12H2,1H3,(H,32,41)(H,33,40). The van der Waals surface area contributed by atoms with Crippen LogP contribution < -0.4 is 15.4 Å². The zero-order valence-corrected chi connectivity index (χ0v) is 22.0. The number of nitrogens with zero attached hydrogens (tertiary/aromatic N) is 7. The van der Waals surface area contributed by atoms with Crippen LogP contribution in [0.4, 0.5) is 27.8 Å². The van der Waals surface area contributed by atoms with E-state index in [2.05, 4.69) is 41.0 Å². The first-order valence-electron chi connectivity index (χ1n) is 12.4. The minimum absolute atomic E-state index is 0.0194. The number of aromatic nitrogens is 7. The van der Waals surface area contributed by atoms with Crippen LogP contribution in [0.3, 0.4) is 0 Å². The van der Waals surface area contributed by atoms with Gasteiger partial charge in [-0.25, -0.2) is 13.5 Å². The van der Waals surface area contributed by atoms with Gasteiger partial charge in [-0.3, -0.25) is 19.3 Å². The molecule has 1 unspecified atom stereocenters. The Kier molecular flexibility index (Phi) is 9.39. The molecule has 2 N–H and O–H groups in total. The molecule has 42 heavy (non-hydrogen) atoms. The molecule has 0 aliphatic heterocycles. The van der Waals surface area contributed by atoms with Crippen molar-refractivity contribution in [2.24, 2.45) is 0 Å². The van der Waals surface area contributed by atoms with Gasteiger partial charge in [0, 0.05) is 24.7 Å². The average molecular weight is 594 g/mol. The maximum absolute atomic E-state index is 14.6. The molecule has 1 atom stereocenters. The number of hydrogen-bond donors (Lipinski definition) is 2. The number of halogens is 5. The van der Waals surface area contributed by atoms with E-state index >= 15 is 0 Å². The van der Waals surface area contributed by atoms with Gasteiger partial charge < -0.3 is 15.4 Å². The highest BCUT2D eigenvalue weighted by molar-refractivity contribution is 5.92. The zero-order valence-electron chi connectivity index (χ0n) is 22.0. The fourth-order valence-corrected chi connectivity index (χ4v) is 3.72. The van der Waals surface area contributed by atoms with Crippen LogP contribution in [0.2, 0.25) is 0 Å². The molecule has 0 spiro atoms. The minimum Gasteiger partial charge on any atom is -0.406 e. The van der Waals surface area contributed by atoms with E-state index < -0.39 is 42.3 Å². The van der Waals surface area contributed by atoms with Crippen molar-refractivity contribution in [3.05, 3.63) is 77.3 Å². The molecule has 0 aliphatic carbocycles. The van der Waals surface area contributed by atoms with Gasteiger partial charge in [-0.05, 0) is 42.8 Å². The number of carbonyl (C=O) groups excluding carboxylic acids is 2. The van der Waals surface area contributed by atoms with Crippen LogP contribution in [-0.4, -0.2) is 59.3 Å². The lowest BCUT2D eigenvalue weighted by atomic mass is 10.1. The van der Waals surface area contributed by atoms with Crippen LogP contribution in [0.5, 0.6) is 5.75 Å². The second-order valence-electron chi connectivity index (χ2n) is 9.11. The number of rotatable bonds is 12. The molecule has 0 saturated carbocycles. The van der Waals surface area contributed by atoms with Gasteiger partial charge >= 0.3 is 6.36 Å². The van der Waals surface area contributed by atoms with Crippen molar-refractivity contribution in [3.8, 4) is 5.75 Å². The summed E-state index contributed by atoms with van der Waals surface area (Å²) >= 11 is 0. The van der Waals surface area contributed by atoms with Crippen molar-refractivity contribution in [1.82, 2.24) is 40.3 Å². The predicted molar refractivity (Wildman–Crippen MR) is 135 cm³/mol. The first kappa shape index (κ1) is 30.0. The van der Waals surface area contributed by atoms with E-state index in [1.807, 2.05) is 19.1 Å². The van der Waals surface area contributed by atoms with Crippen molar-refractivity contribution in [3.63, 3.8) is 0 Å². The van der Waals surface area contributed by atoms with E-state index in [1.165, 1.54) is 21.8 Å².